The number of aliphatic hydroxyl groups is 5. The molecule has 134 valence electrons. The first-order valence-corrected chi connectivity index (χ1v) is 7.59. The lowest BCUT2D eigenvalue weighted by atomic mass is 9.95. The second-order valence-electron chi connectivity index (χ2n) is 5.63. The topological polar surface area (TPSA) is 148 Å². The van der Waals surface area contributed by atoms with Gasteiger partial charge in [-0.3, -0.25) is 9.59 Å². The van der Waals surface area contributed by atoms with E-state index in [1.807, 2.05) is 6.92 Å². The molecule has 23 heavy (non-hydrogen) atoms. The highest BCUT2D eigenvalue weighted by Crippen LogP contribution is 2.32. The molecule has 1 fully saturated rings. The number of hydrogen-bond donors (Lipinski definition) is 5. The van der Waals surface area contributed by atoms with Gasteiger partial charge in [0.1, 0.15) is 18.3 Å². The van der Waals surface area contributed by atoms with Crippen molar-refractivity contribution in [2.45, 2.75) is 69.9 Å². The van der Waals surface area contributed by atoms with Crippen molar-refractivity contribution in [3.8, 4) is 0 Å². The fourth-order valence-corrected chi connectivity index (χ4v) is 2.54. The number of amides is 2. The monoisotopic (exact) mass is 335 g/mol. The van der Waals surface area contributed by atoms with Crippen LogP contribution in [0.5, 0.6) is 0 Å². The minimum Gasteiger partial charge on any atom is -0.394 e. The van der Waals surface area contributed by atoms with Crippen LogP contribution in [0.4, 0.5) is 0 Å². The van der Waals surface area contributed by atoms with E-state index in [1.54, 1.807) is 0 Å². The number of rotatable bonds is 6. The molecule has 0 bridgehead atoms. The van der Waals surface area contributed by atoms with Crippen molar-refractivity contribution in [1.29, 1.82) is 0 Å². The number of nitrogens with zero attached hydrogens (tertiary/aromatic N) is 1. The van der Waals surface area contributed by atoms with Crippen molar-refractivity contribution in [3.63, 3.8) is 0 Å². The fraction of sp³-hybridized carbons (Fsp3) is 0.857. The Kier molecular flexibility index (Phi) is 7.05. The zero-order valence-corrected chi connectivity index (χ0v) is 13.3. The maximum atomic E-state index is 12.2. The van der Waals surface area contributed by atoms with Gasteiger partial charge in [-0.15, -0.1) is 0 Å². The highest BCUT2D eigenvalue weighted by molar-refractivity contribution is 5.94. The smallest absolute Gasteiger partial charge is 0.288 e. The lowest BCUT2D eigenvalue weighted by Gasteiger charge is -2.48. The quantitative estimate of drug-likeness (QED) is 0.278. The number of ether oxygens (including phenoxy) is 1. The SMILES string of the molecule is CCCCCC(=O)N(C(C)=O)C1(O)OC(CO)C(O)C(O)C1O. The Bertz CT molecular complexity index is 429. The van der Waals surface area contributed by atoms with Crippen LogP contribution in [-0.2, 0) is 14.3 Å². The van der Waals surface area contributed by atoms with Gasteiger partial charge in [-0.1, -0.05) is 19.8 Å². The predicted octanol–water partition coefficient (Wildman–Crippen LogP) is -1.94. The molecule has 1 saturated heterocycles. The molecule has 1 rings (SSSR count). The van der Waals surface area contributed by atoms with Crippen molar-refractivity contribution >= 4 is 11.8 Å². The summed E-state index contributed by atoms with van der Waals surface area (Å²) in [7, 11) is 0. The summed E-state index contributed by atoms with van der Waals surface area (Å²) in [5, 5.41) is 49.2. The summed E-state index contributed by atoms with van der Waals surface area (Å²) in [5.74, 6) is -4.54. The Labute approximate surface area is 134 Å². The summed E-state index contributed by atoms with van der Waals surface area (Å²) in [4.78, 5) is 24.4. The van der Waals surface area contributed by atoms with E-state index in [0.717, 1.165) is 19.8 Å². The molecule has 5 unspecified atom stereocenters. The van der Waals surface area contributed by atoms with E-state index in [2.05, 4.69) is 0 Å². The number of unbranched alkanes of at least 4 members (excludes halogenated alkanes) is 2. The van der Waals surface area contributed by atoms with Gasteiger partial charge in [-0.25, -0.2) is 4.90 Å². The minimum atomic E-state index is -2.86. The molecule has 1 aliphatic rings. The second-order valence-corrected chi connectivity index (χ2v) is 5.63. The highest BCUT2D eigenvalue weighted by atomic mass is 16.7. The van der Waals surface area contributed by atoms with E-state index in [0.29, 0.717) is 11.3 Å². The maximum absolute atomic E-state index is 12.2. The molecule has 5 N–H and O–H groups in total. The van der Waals surface area contributed by atoms with Gasteiger partial charge in [0, 0.05) is 13.3 Å². The first-order valence-electron chi connectivity index (χ1n) is 7.59. The number of carbonyl (C=O) groups is 2. The molecule has 0 saturated carbocycles. The standard InChI is InChI=1S/C14H25NO8/c1-3-4-5-6-10(18)15(8(2)17)14(22)13(21)12(20)11(19)9(7-16)23-14/h9,11-13,16,19-22H,3-7H2,1-2H3. The van der Waals surface area contributed by atoms with Crippen LogP contribution in [0.25, 0.3) is 0 Å². The Morgan fingerprint density at radius 2 is 1.78 bits per heavy atom. The summed E-state index contributed by atoms with van der Waals surface area (Å²) < 4.78 is 5.00. The van der Waals surface area contributed by atoms with Crippen LogP contribution in [0.2, 0.25) is 0 Å². The average molecular weight is 335 g/mol. The molecule has 2 amide bonds. The number of hydrogen-bond acceptors (Lipinski definition) is 8. The minimum absolute atomic E-state index is 0.0613. The number of imide groups is 1. The van der Waals surface area contributed by atoms with Crippen molar-refractivity contribution in [2.24, 2.45) is 0 Å². The van der Waals surface area contributed by atoms with Gasteiger partial charge >= 0.3 is 0 Å². The van der Waals surface area contributed by atoms with Gasteiger partial charge in [0.25, 0.3) is 5.91 Å². The normalized spacial score (nSPS) is 34.2. The van der Waals surface area contributed by atoms with Crippen molar-refractivity contribution in [3.05, 3.63) is 0 Å². The van der Waals surface area contributed by atoms with Crippen LogP contribution in [-0.4, -0.2) is 79.2 Å². The first-order chi connectivity index (χ1) is 10.7. The van der Waals surface area contributed by atoms with Crippen molar-refractivity contribution in [1.82, 2.24) is 4.90 Å². The van der Waals surface area contributed by atoms with Crippen LogP contribution in [0.1, 0.15) is 39.5 Å². The lowest BCUT2D eigenvalue weighted by Crippen LogP contribution is -2.72. The molecule has 0 aromatic rings. The zero-order chi connectivity index (χ0) is 17.8. The molecular weight excluding hydrogens is 310 g/mol. The highest BCUT2D eigenvalue weighted by Gasteiger charge is 2.58. The molecule has 5 atom stereocenters. The average Bonchev–Trinajstić information content (AvgIpc) is 2.49. The van der Waals surface area contributed by atoms with E-state index in [-0.39, 0.29) is 6.42 Å². The van der Waals surface area contributed by atoms with E-state index in [4.69, 9.17) is 9.84 Å². The summed E-state index contributed by atoms with van der Waals surface area (Å²) >= 11 is 0. The molecule has 0 spiro atoms. The molecule has 0 aromatic heterocycles. The van der Waals surface area contributed by atoms with Gasteiger partial charge in [-0.2, -0.15) is 0 Å². The fourth-order valence-electron chi connectivity index (χ4n) is 2.54. The summed E-state index contributed by atoms with van der Waals surface area (Å²) in [6.45, 7) is 2.14. The summed E-state index contributed by atoms with van der Waals surface area (Å²) in [5.41, 5.74) is 0. The van der Waals surface area contributed by atoms with E-state index >= 15 is 0 Å². The maximum Gasteiger partial charge on any atom is 0.288 e. The van der Waals surface area contributed by atoms with Crippen LogP contribution in [0.3, 0.4) is 0 Å². The number of carbonyl (C=O) groups excluding carboxylic acids is 2. The molecule has 0 aromatic carbocycles. The lowest BCUT2D eigenvalue weighted by molar-refractivity contribution is -0.387. The third-order valence-corrected chi connectivity index (χ3v) is 3.82. The van der Waals surface area contributed by atoms with E-state index < -0.39 is 48.7 Å². The largest absolute Gasteiger partial charge is 0.394 e. The van der Waals surface area contributed by atoms with Crippen LogP contribution in [0, 0.1) is 0 Å². The predicted molar refractivity (Wildman–Crippen MR) is 76.6 cm³/mol. The van der Waals surface area contributed by atoms with Crippen molar-refractivity contribution < 1.29 is 39.9 Å². The molecule has 1 aliphatic heterocycles. The summed E-state index contributed by atoms with van der Waals surface area (Å²) in [6.07, 6.45) is -5.21. The second kappa shape index (κ2) is 8.13. The molecule has 9 nitrogen and oxygen atoms in total. The van der Waals surface area contributed by atoms with Gasteiger partial charge in [0.05, 0.1) is 6.61 Å². The van der Waals surface area contributed by atoms with Crippen LogP contribution >= 0.6 is 0 Å². The van der Waals surface area contributed by atoms with Crippen molar-refractivity contribution in [2.75, 3.05) is 6.61 Å². The van der Waals surface area contributed by atoms with Crippen LogP contribution in [0.15, 0.2) is 0 Å². The molecule has 0 aliphatic carbocycles. The number of aliphatic hydroxyl groups excluding tert-OH is 4. The van der Waals surface area contributed by atoms with Gasteiger partial charge in [-0.05, 0) is 6.42 Å². The van der Waals surface area contributed by atoms with Crippen LogP contribution < -0.4 is 0 Å². The Balaban J connectivity index is 3.07. The first kappa shape index (κ1) is 19.9. The van der Waals surface area contributed by atoms with Gasteiger partial charge in [0.15, 0.2) is 6.10 Å². The van der Waals surface area contributed by atoms with Gasteiger partial charge < -0.3 is 30.3 Å². The molecule has 1 heterocycles. The Morgan fingerprint density at radius 1 is 1.17 bits per heavy atom. The summed E-state index contributed by atoms with van der Waals surface area (Å²) in [6, 6.07) is 0. The van der Waals surface area contributed by atoms with Gasteiger partial charge in [0.2, 0.25) is 11.8 Å². The third-order valence-electron chi connectivity index (χ3n) is 3.82. The van der Waals surface area contributed by atoms with E-state index in [1.165, 1.54) is 0 Å². The van der Waals surface area contributed by atoms with E-state index in [9.17, 15) is 30.0 Å². The molecule has 9 heteroatoms. The third kappa shape index (κ3) is 4.06. The molecular formula is C14H25NO8. The molecule has 0 radical (unpaired) electrons. The zero-order valence-electron chi connectivity index (χ0n) is 13.3. The Morgan fingerprint density at radius 3 is 2.26 bits per heavy atom. The Hall–Kier alpha value is -1.10.